The van der Waals surface area contributed by atoms with Crippen molar-refractivity contribution in [3.05, 3.63) is 0 Å². The summed E-state index contributed by atoms with van der Waals surface area (Å²) in [5, 5.41) is 11.6. The van der Waals surface area contributed by atoms with Crippen molar-refractivity contribution in [3.8, 4) is 0 Å². The first kappa shape index (κ1) is 14.8. The van der Waals surface area contributed by atoms with Gasteiger partial charge in [-0.15, -0.1) is 0 Å². The van der Waals surface area contributed by atoms with Crippen LogP contribution in [0.15, 0.2) is 5.16 Å². The molecular formula is C13H25N3O2. The maximum absolute atomic E-state index is 12.4. The molecule has 5 nitrogen and oxygen atoms in total. The lowest BCUT2D eigenvalue weighted by molar-refractivity contribution is -0.132. The second kappa shape index (κ2) is 4.44. The second-order valence-electron chi connectivity index (χ2n) is 6.52. The van der Waals surface area contributed by atoms with Gasteiger partial charge in [0.25, 0.3) is 0 Å². The number of oxime groups is 1. The van der Waals surface area contributed by atoms with E-state index in [0.717, 1.165) is 0 Å². The topological polar surface area (TPSA) is 78.9 Å². The zero-order valence-corrected chi connectivity index (χ0v) is 12.2. The molecule has 0 aromatic heterocycles. The van der Waals surface area contributed by atoms with Gasteiger partial charge in [-0.2, -0.15) is 0 Å². The number of nitrogens with zero attached hydrogens (tertiary/aromatic N) is 2. The second-order valence-corrected chi connectivity index (χ2v) is 6.52. The SMILES string of the molecule is CC(CN(C)C(=O)C1C(C)(C)C1(C)C)C(N)=NO. The molecule has 1 aliphatic rings. The number of hydrogen-bond acceptors (Lipinski definition) is 3. The molecule has 0 aromatic rings. The van der Waals surface area contributed by atoms with Gasteiger partial charge in [-0.1, -0.05) is 39.8 Å². The quantitative estimate of drug-likeness (QED) is 0.346. The van der Waals surface area contributed by atoms with Crippen LogP contribution in [0.3, 0.4) is 0 Å². The summed E-state index contributed by atoms with van der Waals surface area (Å²) in [5.74, 6) is 0.204. The van der Waals surface area contributed by atoms with Crippen LogP contribution in [0.4, 0.5) is 0 Å². The molecule has 1 saturated carbocycles. The van der Waals surface area contributed by atoms with Gasteiger partial charge in [0.15, 0.2) is 0 Å². The molecule has 0 spiro atoms. The lowest BCUT2D eigenvalue weighted by atomic mass is 10.0. The molecule has 0 heterocycles. The molecule has 104 valence electrons. The van der Waals surface area contributed by atoms with Gasteiger partial charge in [0.2, 0.25) is 5.91 Å². The van der Waals surface area contributed by atoms with Crippen LogP contribution in [-0.2, 0) is 4.79 Å². The highest BCUT2D eigenvalue weighted by atomic mass is 16.4. The zero-order valence-electron chi connectivity index (χ0n) is 12.2. The molecule has 0 radical (unpaired) electrons. The molecule has 0 aromatic carbocycles. The van der Waals surface area contributed by atoms with Gasteiger partial charge in [0.05, 0.1) is 0 Å². The Morgan fingerprint density at radius 3 is 2.17 bits per heavy atom. The summed E-state index contributed by atoms with van der Waals surface area (Å²) in [6.45, 7) is 10.8. The molecule has 0 saturated heterocycles. The van der Waals surface area contributed by atoms with E-state index >= 15 is 0 Å². The van der Waals surface area contributed by atoms with Crippen LogP contribution >= 0.6 is 0 Å². The number of carbonyl (C=O) groups excluding carboxylic acids is 1. The third-order valence-corrected chi connectivity index (χ3v) is 4.81. The monoisotopic (exact) mass is 255 g/mol. The average Bonchev–Trinajstić information content (AvgIpc) is 2.67. The predicted octanol–water partition coefficient (Wildman–Crippen LogP) is 1.51. The highest BCUT2D eigenvalue weighted by Crippen LogP contribution is 2.68. The van der Waals surface area contributed by atoms with Gasteiger partial charge in [-0.3, -0.25) is 4.79 Å². The first-order chi connectivity index (χ1) is 8.07. The Bertz CT molecular complexity index is 360. The molecular weight excluding hydrogens is 230 g/mol. The minimum Gasteiger partial charge on any atom is -0.409 e. The zero-order chi connectivity index (χ0) is 14.3. The number of nitrogens with two attached hydrogens (primary N) is 1. The molecule has 1 fully saturated rings. The van der Waals surface area contributed by atoms with Crippen LogP contribution in [0.5, 0.6) is 0 Å². The number of rotatable bonds is 4. The van der Waals surface area contributed by atoms with Crippen LogP contribution < -0.4 is 5.73 Å². The standard InChI is InChI=1S/C13H25N3O2/c1-8(10(14)15-18)7-16(6)11(17)9-12(2,3)13(9,4)5/h8-9,18H,7H2,1-6H3,(H2,14,15). The number of amides is 1. The largest absolute Gasteiger partial charge is 0.409 e. The van der Waals surface area contributed by atoms with Crippen LogP contribution in [0.1, 0.15) is 34.6 Å². The van der Waals surface area contributed by atoms with Gasteiger partial charge in [-0.05, 0) is 10.8 Å². The van der Waals surface area contributed by atoms with Crippen LogP contribution in [0.25, 0.3) is 0 Å². The van der Waals surface area contributed by atoms with E-state index in [4.69, 9.17) is 10.9 Å². The van der Waals surface area contributed by atoms with Crippen molar-refractivity contribution in [1.29, 1.82) is 0 Å². The number of hydrogen-bond donors (Lipinski definition) is 2. The van der Waals surface area contributed by atoms with E-state index in [0.29, 0.717) is 6.54 Å². The smallest absolute Gasteiger partial charge is 0.226 e. The van der Waals surface area contributed by atoms with E-state index in [1.54, 1.807) is 11.9 Å². The third-order valence-electron chi connectivity index (χ3n) is 4.81. The molecule has 18 heavy (non-hydrogen) atoms. The predicted molar refractivity (Wildman–Crippen MR) is 71.3 cm³/mol. The van der Waals surface area contributed by atoms with Gasteiger partial charge in [0, 0.05) is 25.4 Å². The Morgan fingerprint density at radius 1 is 1.39 bits per heavy atom. The summed E-state index contributed by atoms with van der Waals surface area (Å²) >= 11 is 0. The average molecular weight is 255 g/mol. The maximum Gasteiger partial charge on any atom is 0.226 e. The van der Waals surface area contributed by atoms with Crippen LogP contribution in [0.2, 0.25) is 0 Å². The van der Waals surface area contributed by atoms with E-state index in [9.17, 15) is 4.79 Å². The van der Waals surface area contributed by atoms with Gasteiger partial charge < -0.3 is 15.8 Å². The van der Waals surface area contributed by atoms with Crippen molar-refractivity contribution < 1.29 is 10.0 Å². The highest BCUT2D eigenvalue weighted by Gasteiger charge is 2.68. The summed E-state index contributed by atoms with van der Waals surface area (Å²) in [6, 6.07) is 0. The number of carbonyl (C=O) groups is 1. The summed E-state index contributed by atoms with van der Waals surface area (Å²) in [4.78, 5) is 14.1. The highest BCUT2D eigenvalue weighted by molar-refractivity contribution is 5.86. The first-order valence-electron chi connectivity index (χ1n) is 6.29. The summed E-state index contributed by atoms with van der Waals surface area (Å²) in [5.41, 5.74) is 5.61. The maximum atomic E-state index is 12.4. The van der Waals surface area contributed by atoms with Gasteiger partial charge >= 0.3 is 0 Å². The third kappa shape index (κ3) is 2.18. The Hall–Kier alpha value is -1.26. The summed E-state index contributed by atoms with van der Waals surface area (Å²) in [7, 11) is 1.77. The lowest BCUT2D eigenvalue weighted by Crippen LogP contribution is -2.38. The van der Waals surface area contributed by atoms with Crippen molar-refractivity contribution in [2.24, 2.45) is 33.6 Å². The van der Waals surface area contributed by atoms with E-state index in [2.05, 4.69) is 32.9 Å². The molecule has 5 heteroatoms. The lowest BCUT2D eigenvalue weighted by Gasteiger charge is -2.21. The molecule has 0 aliphatic heterocycles. The summed E-state index contributed by atoms with van der Waals surface area (Å²) in [6.07, 6.45) is 0. The Balaban J connectivity index is 2.65. The number of amidine groups is 1. The molecule has 0 bridgehead atoms. The van der Waals surface area contributed by atoms with Crippen molar-refractivity contribution in [2.75, 3.05) is 13.6 Å². The van der Waals surface area contributed by atoms with E-state index in [-0.39, 0.29) is 34.4 Å². The molecule has 1 amide bonds. The van der Waals surface area contributed by atoms with Gasteiger partial charge in [-0.25, -0.2) is 0 Å². The Kier molecular flexibility index (Phi) is 3.65. The molecule has 1 unspecified atom stereocenters. The van der Waals surface area contributed by atoms with Crippen molar-refractivity contribution >= 4 is 11.7 Å². The van der Waals surface area contributed by atoms with Gasteiger partial charge in [0.1, 0.15) is 5.84 Å². The van der Waals surface area contributed by atoms with Crippen LogP contribution in [-0.4, -0.2) is 35.4 Å². The normalized spacial score (nSPS) is 23.6. The fraction of sp³-hybridized carbons (Fsp3) is 0.846. The molecule has 1 rings (SSSR count). The first-order valence-corrected chi connectivity index (χ1v) is 6.29. The molecule has 3 N–H and O–H groups in total. The van der Waals surface area contributed by atoms with E-state index in [1.807, 2.05) is 6.92 Å². The summed E-state index contributed by atoms with van der Waals surface area (Å²) < 4.78 is 0. The Morgan fingerprint density at radius 2 is 1.83 bits per heavy atom. The fourth-order valence-corrected chi connectivity index (χ4v) is 2.73. The minimum atomic E-state index is -0.145. The fourth-order valence-electron chi connectivity index (χ4n) is 2.73. The van der Waals surface area contributed by atoms with Crippen molar-refractivity contribution in [2.45, 2.75) is 34.6 Å². The van der Waals surface area contributed by atoms with Crippen LogP contribution in [0, 0.1) is 22.7 Å². The Labute approximate surface area is 109 Å². The van der Waals surface area contributed by atoms with E-state index in [1.165, 1.54) is 0 Å². The minimum absolute atomic E-state index is 0.0399. The molecule has 1 aliphatic carbocycles. The van der Waals surface area contributed by atoms with Crippen molar-refractivity contribution in [1.82, 2.24) is 4.90 Å². The molecule has 1 atom stereocenters. The van der Waals surface area contributed by atoms with Crippen molar-refractivity contribution in [3.63, 3.8) is 0 Å². The van der Waals surface area contributed by atoms with E-state index < -0.39 is 0 Å².